The van der Waals surface area contributed by atoms with Crippen molar-refractivity contribution in [3.8, 4) is 0 Å². The first kappa shape index (κ1) is 13.6. The van der Waals surface area contributed by atoms with Crippen LogP contribution in [0.5, 0.6) is 0 Å². The van der Waals surface area contributed by atoms with E-state index >= 15 is 0 Å². The molecule has 2 fully saturated rings. The average molecular weight is 273 g/mol. The summed E-state index contributed by atoms with van der Waals surface area (Å²) in [4.78, 5) is 18.6. The summed E-state index contributed by atoms with van der Waals surface area (Å²) in [5.41, 5.74) is 1.35. The molecular weight excluding hydrogens is 250 g/mol. The highest BCUT2D eigenvalue weighted by Crippen LogP contribution is 2.35. The molecule has 0 aromatic carbocycles. The molecule has 1 atom stereocenters. The third-order valence-corrected chi connectivity index (χ3v) is 4.65. The molecule has 1 amide bonds. The first-order valence-electron chi connectivity index (χ1n) is 7.65. The van der Waals surface area contributed by atoms with Gasteiger partial charge in [-0.2, -0.15) is 0 Å². The molecule has 0 bridgehead atoms. The third kappa shape index (κ3) is 3.01. The maximum atomic E-state index is 12.5. The number of hydrogen-bond acceptors (Lipinski definition) is 3. The molecule has 108 valence electrons. The highest BCUT2D eigenvalue weighted by Gasteiger charge is 2.37. The number of piperidine rings is 2. The van der Waals surface area contributed by atoms with Gasteiger partial charge in [-0.1, -0.05) is 6.07 Å². The monoisotopic (exact) mass is 273 g/mol. The lowest BCUT2D eigenvalue weighted by atomic mass is 9.74. The van der Waals surface area contributed by atoms with Gasteiger partial charge in [0, 0.05) is 37.4 Å². The first-order chi connectivity index (χ1) is 9.77. The molecule has 20 heavy (non-hydrogen) atoms. The molecular formula is C16H23N3O. The van der Waals surface area contributed by atoms with Crippen LogP contribution in [0.15, 0.2) is 24.5 Å². The standard InChI is InChI=1S/C16H23N3O/c20-15(10-14-4-1-7-17-11-14)19-9-3-6-16(13-19)5-2-8-18-12-16/h1,4,7,11,18H,2-3,5-6,8-10,12-13H2. The third-order valence-electron chi connectivity index (χ3n) is 4.65. The Kier molecular flexibility index (Phi) is 4.01. The molecule has 2 aliphatic rings. The smallest absolute Gasteiger partial charge is 0.227 e. The number of hydrogen-bond donors (Lipinski definition) is 1. The van der Waals surface area contributed by atoms with E-state index in [1.54, 1.807) is 12.4 Å². The molecule has 3 rings (SSSR count). The molecule has 3 heterocycles. The summed E-state index contributed by atoms with van der Waals surface area (Å²) in [5.74, 6) is 0.252. The van der Waals surface area contributed by atoms with Crippen LogP contribution in [0.25, 0.3) is 0 Å². The summed E-state index contributed by atoms with van der Waals surface area (Å²) >= 11 is 0. The van der Waals surface area contributed by atoms with Gasteiger partial charge in [0.1, 0.15) is 0 Å². The second kappa shape index (κ2) is 5.92. The Bertz CT molecular complexity index is 449. The molecule has 1 N–H and O–H groups in total. The van der Waals surface area contributed by atoms with Crippen molar-refractivity contribution in [3.63, 3.8) is 0 Å². The van der Waals surface area contributed by atoms with Crippen molar-refractivity contribution in [1.82, 2.24) is 15.2 Å². The molecule has 4 nitrogen and oxygen atoms in total. The number of carbonyl (C=O) groups is 1. The largest absolute Gasteiger partial charge is 0.342 e. The van der Waals surface area contributed by atoms with E-state index in [1.807, 2.05) is 12.1 Å². The molecule has 1 unspecified atom stereocenters. The van der Waals surface area contributed by atoms with E-state index in [1.165, 1.54) is 19.3 Å². The van der Waals surface area contributed by atoms with Crippen LogP contribution in [0.3, 0.4) is 0 Å². The molecule has 0 radical (unpaired) electrons. The highest BCUT2D eigenvalue weighted by atomic mass is 16.2. The van der Waals surface area contributed by atoms with Crippen LogP contribution >= 0.6 is 0 Å². The van der Waals surface area contributed by atoms with E-state index in [0.717, 1.165) is 38.2 Å². The quantitative estimate of drug-likeness (QED) is 0.890. The van der Waals surface area contributed by atoms with E-state index in [4.69, 9.17) is 0 Å². The Labute approximate surface area is 120 Å². The van der Waals surface area contributed by atoms with E-state index < -0.39 is 0 Å². The highest BCUT2D eigenvalue weighted by molar-refractivity contribution is 5.78. The summed E-state index contributed by atoms with van der Waals surface area (Å²) in [7, 11) is 0. The number of carbonyl (C=O) groups excluding carboxylic acids is 1. The number of aromatic nitrogens is 1. The summed E-state index contributed by atoms with van der Waals surface area (Å²) in [5, 5.41) is 3.51. The Morgan fingerprint density at radius 1 is 1.40 bits per heavy atom. The Morgan fingerprint density at radius 3 is 3.05 bits per heavy atom. The minimum absolute atomic E-state index is 0.252. The van der Waals surface area contributed by atoms with Crippen molar-refractivity contribution in [2.24, 2.45) is 5.41 Å². The Hall–Kier alpha value is -1.42. The fraction of sp³-hybridized carbons (Fsp3) is 0.625. The lowest BCUT2D eigenvalue weighted by Crippen LogP contribution is -2.52. The topological polar surface area (TPSA) is 45.2 Å². The second-order valence-electron chi connectivity index (χ2n) is 6.24. The van der Waals surface area contributed by atoms with Gasteiger partial charge >= 0.3 is 0 Å². The average Bonchev–Trinajstić information content (AvgIpc) is 2.49. The van der Waals surface area contributed by atoms with Crippen molar-refractivity contribution in [2.45, 2.75) is 32.1 Å². The van der Waals surface area contributed by atoms with Gasteiger partial charge in [0.25, 0.3) is 0 Å². The molecule has 4 heteroatoms. The number of nitrogens with zero attached hydrogens (tertiary/aromatic N) is 2. The minimum Gasteiger partial charge on any atom is -0.342 e. The van der Waals surface area contributed by atoms with Gasteiger partial charge < -0.3 is 10.2 Å². The van der Waals surface area contributed by atoms with Crippen LogP contribution < -0.4 is 5.32 Å². The van der Waals surface area contributed by atoms with E-state index in [0.29, 0.717) is 11.8 Å². The molecule has 2 saturated heterocycles. The van der Waals surface area contributed by atoms with Crippen LogP contribution in [0, 0.1) is 5.41 Å². The zero-order chi connectivity index (χ0) is 13.8. The van der Waals surface area contributed by atoms with Crippen LogP contribution in [0.2, 0.25) is 0 Å². The van der Waals surface area contributed by atoms with Crippen LogP contribution in [0.4, 0.5) is 0 Å². The van der Waals surface area contributed by atoms with Gasteiger partial charge in [-0.05, 0) is 43.9 Å². The Balaban J connectivity index is 1.63. The number of rotatable bonds is 2. The second-order valence-corrected chi connectivity index (χ2v) is 6.24. The lowest BCUT2D eigenvalue weighted by Gasteiger charge is -2.45. The lowest BCUT2D eigenvalue weighted by molar-refractivity contribution is -0.134. The van der Waals surface area contributed by atoms with Crippen molar-refractivity contribution in [2.75, 3.05) is 26.2 Å². The zero-order valence-electron chi connectivity index (χ0n) is 12.0. The van der Waals surface area contributed by atoms with Gasteiger partial charge in [0.05, 0.1) is 6.42 Å². The summed E-state index contributed by atoms with van der Waals surface area (Å²) < 4.78 is 0. The SMILES string of the molecule is O=C(Cc1cccnc1)N1CCCC2(CCCNC2)C1. The number of nitrogens with one attached hydrogen (secondary N) is 1. The van der Waals surface area contributed by atoms with E-state index in [2.05, 4.69) is 15.2 Å². The van der Waals surface area contributed by atoms with Crippen molar-refractivity contribution in [3.05, 3.63) is 30.1 Å². The molecule has 0 saturated carbocycles. The first-order valence-corrected chi connectivity index (χ1v) is 7.65. The fourth-order valence-corrected chi connectivity index (χ4v) is 3.59. The predicted molar refractivity (Wildman–Crippen MR) is 78.3 cm³/mol. The summed E-state index contributed by atoms with van der Waals surface area (Å²) in [6.45, 7) is 4.05. The maximum absolute atomic E-state index is 12.5. The molecule has 2 aliphatic heterocycles. The molecule has 1 aromatic heterocycles. The summed E-state index contributed by atoms with van der Waals surface area (Å²) in [6.07, 6.45) is 8.92. The van der Waals surface area contributed by atoms with Crippen molar-refractivity contribution in [1.29, 1.82) is 0 Å². The Morgan fingerprint density at radius 2 is 2.30 bits per heavy atom. The number of likely N-dealkylation sites (tertiary alicyclic amines) is 1. The number of amides is 1. The van der Waals surface area contributed by atoms with Crippen molar-refractivity contribution >= 4 is 5.91 Å². The minimum atomic E-state index is 0.252. The van der Waals surface area contributed by atoms with Crippen LogP contribution in [-0.4, -0.2) is 42.0 Å². The van der Waals surface area contributed by atoms with Crippen LogP contribution in [0.1, 0.15) is 31.2 Å². The fourth-order valence-electron chi connectivity index (χ4n) is 3.59. The van der Waals surface area contributed by atoms with E-state index in [9.17, 15) is 4.79 Å². The van der Waals surface area contributed by atoms with Gasteiger partial charge in [-0.3, -0.25) is 9.78 Å². The van der Waals surface area contributed by atoms with Gasteiger partial charge in [-0.25, -0.2) is 0 Å². The van der Waals surface area contributed by atoms with Gasteiger partial charge in [0.15, 0.2) is 0 Å². The molecule has 1 spiro atoms. The van der Waals surface area contributed by atoms with Gasteiger partial charge in [0.2, 0.25) is 5.91 Å². The van der Waals surface area contributed by atoms with Crippen molar-refractivity contribution < 1.29 is 4.79 Å². The van der Waals surface area contributed by atoms with Gasteiger partial charge in [-0.15, -0.1) is 0 Å². The normalized spacial score (nSPS) is 26.7. The zero-order valence-corrected chi connectivity index (χ0v) is 12.0. The molecule has 0 aliphatic carbocycles. The van der Waals surface area contributed by atoms with Crippen LogP contribution in [-0.2, 0) is 11.2 Å². The maximum Gasteiger partial charge on any atom is 0.227 e. The van der Waals surface area contributed by atoms with E-state index in [-0.39, 0.29) is 5.91 Å². The predicted octanol–water partition coefficient (Wildman–Crippen LogP) is 1.62. The molecule has 1 aromatic rings. The summed E-state index contributed by atoms with van der Waals surface area (Å²) in [6, 6.07) is 3.87. The number of pyridine rings is 1.